The van der Waals surface area contributed by atoms with E-state index in [4.69, 9.17) is 11.1 Å². The molecule has 0 N–H and O–H groups in total. The summed E-state index contributed by atoms with van der Waals surface area (Å²) in [6, 6.07) is 26.7. The van der Waals surface area contributed by atoms with Gasteiger partial charge in [0.2, 0.25) is 0 Å². The minimum absolute atomic E-state index is 0.277. The van der Waals surface area contributed by atoms with Crippen LogP contribution in [0.1, 0.15) is 70.8 Å². The summed E-state index contributed by atoms with van der Waals surface area (Å²) in [5, 5.41) is 0. The first-order chi connectivity index (χ1) is 15.5. The third-order valence-electron chi connectivity index (χ3n) is 7.76. The lowest BCUT2D eigenvalue weighted by Gasteiger charge is -2.44. The van der Waals surface area contributed by atoms with Crippen molar-refractivity contribution in [3.8, 4) is 0 Å². The van der Waals surface area contributed by atoms with E-state index in [1.807, 2.05) is 0 Å². The number of benzene rings is 3. The van der Waals surface area contributed by atoms with E-state index in [1.54, 1.807) is 0 Å². The second-order valence-corrected chi connectivity index (χ2v) is 15.0. The highest BCUT2D eigenvalue weighted by Crippen LogP contribution is 2.61. The Bertz CT molecular complexity index is 1180. The molecule has 0 spiro atoms. The highest BCUT2D eigenvalue weighted by molar-refractivity contribution is 7.23. The lowest BCUT2D eigenvalue weighted by molar-refractivity contribution is 0.914. The Morgan fingerprint density at radius 1 is 0.500 bits per heavy atom. The van der Waals surface area contributed by atoms with E-state index in [9.17, 15) is 0 Å². The Labute approximate surface area is 196 Å². The van der Waals surface area contributed by atoms with Gasteiger partial charge in [0.15, 0.2) is 7.38 Å². The fraction of sp³-hybridized carbons (Fsp3) is 0.200. The van der Waals surface area contributed by atoms with Crippen molar-refractivity contribution in [2.75, 3.05) is 0 Å². The first-order valence-electron chi connectivity index (χ1n) is 11.5. The molecule has 3 aromatic carbocycles. The predicted octanol–water partition coefficient (Wildman–Crippen LogP) is 8.39. The van der Waals surface area contributed by atoms with Crippen LogP contribution in [0, 0.1) is 0 Å². The van der Waals surface area contributed by atoms with Gasteiger partial charge in [-0.1, -0.05) is 108 Å². The molecule has 0 heterocycles. The minimum Gasteiger partial charge on any atom is -0.164 e. The third-order valence-corrected chi connectivity index (χ3v) is 14.7. The number of hydrogen-bond acceptors (Lipinski definition) is 0. The first-order valence-corrected chi connectivity index (χ1v) is 14.7. The molecule has 0 amide bonds. The molecule has 0 aromatic heterocycles. The molecule has 3 aromatic rings. The quantitative estimate of drug-likeness (QED) is 0.277. The summed E-state index contributed by atoms with van der Waals surface area (Å²) in [6.45, 7) is 6.90. The van der Waals surface area contributed by atoms with Crippen LogP contribution in [-0.4, -0.2) is 7.38 Å². The Morgan fingerprint density at radius 2 is 0.781 bits per heavy atom. The van der Waals surface area contributed by atoms with E-state index in [0.29, 0.717) is 0 Å². The Balaban J connectivity index is 1.64. The Morgan fingerprint density at radius 3 is 1.09 bits per heavy atom. The highest BCUT2D eigenvalue weighted by Gasteiger charge is 2.58. The summed E-state index contributed by atoms with van der Waals surface area (Å²) in [5.41, 5.74) is 13.4. The van der Waals surface area contributed by atoms with Gasteiger partial charge in [0.05, 0.1) is 0 Å². The maximum absolute atomic E-state index is 8.34. The molecule has 3 atom stereocenters. The summed E-state index contributed by atoms with van der Waals surface area (Å²) in [4.78, 5) is 0. The van der Waals surface area contributed by atoms with Gasteiger partial charge in [-0.3, -0.25) is 0 Å². The van der Waals surface area contributed by atoms with Crippen LogP contribution in [0.2, 0.25) is 0 Å². The van der Waals surface area contributed by atoms with E-state index < -0.39 is 7.38 Å². The topological polar surface area (TPSA) is 0 Å². The molecule has 0 radical (unpaired) electrons. The van der Waals surface area contributed by atoms with E-state index >= 15 is 0 Å². The largest absolute Gasteiger partial charge is 0.190 e. The lowest BCUT2D eigenvalue weighted by atomic mass is 10.1. The van der Waals surface area contributed by atoms with Crippen LogP contribution in [0.5, 0.6) is 0 Å². The fourth-order valence-corrected chi connectivity index (χ4v) is 14.9. The van der Waals surface area contributed by atoms with Crippen molar-refractivity contribution in [2.24, 2.45) is 0 Å². The fourth-order valence-electron chi connectivity index (χ4n) is 6.70. The van der Waals surface area contributed by atoms with Crippen molar-refractivity contribution in [3.63, 3.8) is 0 Å². The molecule has 0 bridgehead atoms. The predicted molar refractivity (Wildman–Crippen MR) is 140 cm³/mol. The summed E-state index contributed by atoms with van der Waals surface area (Å²) in [7, 11) is -2.63. The monoisotopic (exact) mass is 450 g/mol. The van der Waals surface area contributed by atoms with Gasteiger partial charge in [-0.25, -0.2) is 0 Å². The van der Waals surface area contributed by atoms with Crippen molar-refractivity contribution in [3.05, 3.63) is 123 Å². The summed E-state index contributed by atoms with van der Waals surface area (Å²) in [6.07, 6.45) is 7.14. The van der Waals surface area contributed by atoms with Crippen molar-refractivity contribution < 1.29 is 0 Å². The van der Waals surface area contributed by atoms with Gasteiger partial charge in [-0.15, -0.1) is 0 Å². The Kier molecular flexibility index (Phi) is 4.50. The van der Waals surface area contributed by atoms with E-state index in [2.05, 4.69) is 112 Å². The van der Waals surface area contributed by atoms with Crippen molar-refractivity contribution in [2.45, 2.75) is 37.4 Å². The van der Waals surface area contributed by atoms with Gasteiger partial charge < -0.3 is 0 Å². The van der Waals surface area contributed by atoms with Gasteiger partial charge in [0, 0.05) is 16.6 Å². The average Bonchev–Trinajstić information content (AvgIpc) is 3.42. The van der Waals surface area contributed by atoms with Crippen LogP contribution in [-0.2, 0) is 0 Å². The number of rotatable bonds is 3. The van der Waals surface area contributed by atoms with Crippen LogP contribution in [0.25, 0.3) is 18.2 Å². The average molecular weight is 451 g/mol. The molecule has 3 aliphatic rings. The molecule has 0 saturated heterocycles. The van der Waals surface area contributed by atoms with Crippen molar-refractivity contribution in [1.82, 2.24) is 0 Å². The van der Waals surface area contributed by atoms with Gasteiger partial charge in [-0.05, 0) is 54.2 Å². The number of halogens is 1. The number of hydrogen-bond donors (Lipinski definition) is 0. The zero-order valence-corrected chi connectivity index (χ0v) is 20.5. The molecule has 0 nitrogen and oxygen atoms in total. The number of fused-ring (bicyclic) bond motifs is 3. The van der Waals surface area contributed by atoms with Crippen molar-refractivity contribution in [1.29, 1.82) is 0 Å². The van der Waals surface area contributed by atoms with Gasteiger partial charge in [0.25, 0.3) is 0 Å². The van der Waals surface area contributed by atoms with Gasteiger partial charge in [-0.2, -0.15) is 11.1 Å². The smallest absolute Gasteiger partial charge is 0.164 e. The SMILES string of the molecule is CC1=Cc2ccccc2C1[Si](Cl)(C1C(C)=Cc2ccccc21)C1C(C)=Cc2ccccc21. The third kappa shape index (κ3) is 2.68. The maximum atomic E-state index is 8.34. The molecular formula is C30H27ClSi. The molecule has 32 heavy (non-hydrogen) atoms. The standard InChI is InChI=1S/C30H27ClSi/c1-19-16-22-10-4-7-13-25(22)28(19)32(31,29-20(2)17-23-11-5-8-14-26(23)29)30-21(3)18-24-12-6-9-15-27(24)30/h4-18,28-30H,1-3H3. The lowest BCUT2D eigenvalue weighted by Crippen LogP contribution is -2.49. The molecule has 0 fully saturated rings. The van der Waals surface area contributed by atoms with Crippen LogP contribution in [0.3, 0.4) is 0 Å². The Hall–Kier alpha value is -2.61. The number of allylic oxidation sites excluding steroid dienone is 3. The molecular weight excluding hydrogens is 424 g/mol. The van der Waals surface area contributed by atoms with E-state index in [1.165, 1.54) is 50.1 Å². The van der Waals surface area contributed by atoms with E-state index in [-0.39, 0.29) is 16.6 Å². The highest BCUT2D eigenvalue weighted by atomic mass is 35.6. The molecule has 3 unspecified atom stereocenters. The maximum Gasteiger partial charge on any atom is 0.190 e. The second kappa shape index (κ2) is 7.20. The van der Waals surface area contributed by atoms with Crippen LogP contribution in [0.15, 0.2) is 89.5 Å². The molecule has 0 saturated carbocycles. The summed E-state index contributed by atoms with van der Waals surface area (Å²) < 4.78 is 0. The first kappa shape index (κ1) is 20.0. The second-order valence-electron chi connectivity index (χ2n) is 9.68. The van der Waals surface area contributed by atoms with Crippen LogP contribution < -0.4 is 0 Å². The normalized spacial score (nSPS) is 24.8. The van der Waals surface area contributed by atoms with Gasteiger partial charge >= 0.3 is 0 Å². The molecule has 0 aliphatic heterocycles. The van der Waals surface area contributed by atoms with Crippen molar-refractivity contribution >= 4 is 36.7 Å². The summed E-state index contributed by atoms with van der Waals surface area (Å²) >= 11 is 8.34. The minimum atomic E-state index is -2.63. The summed E-state index contributed by atoms with van der Waals surface area (Å²) in [5.74, 6) is 0. The molecule has 2 heteroatoms. The molecule has 158 valence electrons. The zero-order chi connectivity index (χ0) is 22.0. The van der Waals surface area contributed by atoms with Crippen LogP contribution >= 0.6 is 11.1 Å². The van der Waals surface area contributed by atoms with Gasteiger partial charge in [0.1, 0.15) is 0 Å². The zero-order valence-electron chi connectivity index (χ0n) is 18.8. The molecule has 6 rings (SSSR count). The van der Waals surface area contributed by atoms with Crippen LogP contribution in [0.4, 0.5) is 0 Å². The van der Waals surface area contributed by atoms with E-state index in [0.717, 1.165) is 0 Å². The molecule has 3 aliphatic carbocycles.